The van der Waals surface area contributed by atoms with E-state index in [-0.39, 0.29) is 11.7 Å². The van der Waals surface area contributed by atoms with Gasteiger partial charge in [-0.15, -0.1) is 0 Å². The molecule has 0 saturated carbocycles. The van der Waals surface area contributed by atoms with Crippen molar-refractivity contribution in [1.82, 2.24) is 15.2 Å². The van der Waals surface area contributed by atoms with E-state index in [2.05, 4.69) is 29.0 Å². The Morgan fingerprint density at radius 1 is 1.58 bits per heavy atom. The van der Waals surface area contributed by atoms with Crippen molar-refractivity contribution in [3.8, 4) is 5.75 Å². The van der Waals surface area contributed by atoms with Crippen LogP contribution in [0.3, 0.4) is 0 Å². The van der Waals surface area contributed by atoms with Gasteiger partial charge in [0.15, 0.2) is 0 Å². The summed E-state index contributed by atoms with van der Waals surface area (Å²) in [5, 5.41) is 12.2. The second-order valence-electron chi connectivity index (χ2n) is 5.39. The Morgan fingerprint density at radius 3 is 3.00 bits per heavy atom. The Hall–Kier alpha value is -1.62. The van der Waals surface area contributed by atoms with Gasteiger partial charge in [0.05, 0.1) is 11.8 Å². The van der Waals surface area contributed by atoms with E-state index in [1.807, 2.05) is 0 Å². The van der Waals surface area contributed by atoms with E-state index in [1.165, 1.54) is 18.5 Å². The highest BCUT2D eigenvalue weighted by atomic mass is 16.3. The molecule has 1 fully saturated rings. The van der Waals surface area contributed by atoms with Crippen LogP contribution < -0.4 is 5.32 Å². The number of aromatic hydroxyl groups is 1. The van der Waals surface area contributed by atoms with Gasteiger partial charge in [0.25, 0.3) is 5.91 Å². The zero-order valence-corrected chi connectivity index (χ0v) is 11.5. The van der Waals surface area contributed by atoms with Crippen molar-refractivity contribution in [1.29, 1.82) is 0 Å². The lowest BCUT2D eigenvalue weighted by Gasteiger charge is -2.20. The van der Waals surface area contributed by atoms with Crippen molar-refractivity contribution in [2.45, 2.75) is 26.3 Å². The monoisotopic (exact) mass is 263 g/mol. The fourth-order valence-electron chi connectivity index (χ4n) is 2.39. The molecule has 0 aromatic carbocycles. The number of nitrogens with zero attached hydrogens (tertiary/aromatic N) is 2. The molecule has 5 heteroatoms. The Morgan fingerprint density at radius 2 is 2.37 bits per heavy atom. The van der Waals surface area contributed by atoms with Crippen molar-refractivity contribution in [2.75, 3.05) is 19.6 Å². The number of carbonyl (C=O) groups excluding carboxylic acids is 1. The van der Waals surface area contributed by atoms with Crippen LogP contribution >= 0.6 is 0 Å². The first-order valence-corrected chi connectivity index (χ1v) is 6.72. The number of carbonyl (C=O) groups is 1. The van der Waals surface area contributed by atoms with E-state index < -0.39 is 0 Å². The summed E-state index contributed by atoms with van der Waals surface area (Å²) in [5.41, 5.74) is 0.402. The molecule has 19 heavy (non-hydrogen) atoms. The van der Waals surface area contributed by atoms with Crippen LogP contribution in [0.5, 0.6) is 5.75 Å². The van der Waals surface area contributed by atoms with Crippen molar-refractivity contribution in [3.05, 3.63) is 24.0 Å². The van der Waals surface area contributed by atoms with Gasteiger partial charge in [0, 0.05) is 25.3 Å². The van der Waals surface area contributed by atoms with Crippen LogP contribution in [0.4, 0.5) is 0 Å². The highest BCUT2D eigenvalue weighted by molar-refractivity contribution is 5.94. The number of nitrogens with one attached hydrogen (secondary N) is 1. The number of likely N-dealkylation sites (tertiary alicyclic amines) is 1. The summed E-state index contributed by atoms with van der Waals surface area (Å²) in [6.45, 7) is 7.21. The van der Waals surface area contributed by atoms with Gasteiger partial charge in [-0.25, -0.2) is 0 Å². The SMILES string of the molecule is CC(C)N1CCC(CNC(=O)c2cncc(O)c2)C1. The lowest BCUT2D eigenvalue weighted by Crippen LogP contribution is -2.33. The summed E-state index contributed by atoms with van der Waals surface area (Å²) in [7, 11) is 0. The minimum atomic E-state index is -0.175. The molecule has 1 aliphatic heterocycles. The van der Waals surface area contributed by atoms with Crippen LogP contribution in [-0.2, 0) is 0 Å². The quantitative estimate of drug-likeness (QED) is 0.858. The average Bonchev–Trinajstić information content (AvgIpc) is 2.85. The normalized spacial score (nSPS) is 19.8. The predicted molar refractivity (Wildman–Crippen MR) is 73.1 cm³/mol. The van der Waals surface area contributed by atoms with Crippen LogP contribution in [0.15, 0.2) is 18.5 Å². The molecule has 1 unspecified atom stereocenters. The zero-order chi connectivity index (χ0) is 13.8. The maximum Gasteiger partial charge on any atom is 0.252 e. The first-order chi connectivity index (χ1) is 9.06. The number of aromatic nitrogens is 1. The average molecular weight is 263 g/mol. The fourth-order valence-corrected chi connectivity index (χ4v) is 2.39. The molecule has 1 aliphatic rings. The van der Waals surface area contributed by atoms with E-state index >= 15 is 0 Å². The summed E-state index contributed by atoms with van der Waals surface area (Å²) in [5.74, 6) is 0.350. The zero-order valence-electron chi connectivity index (χ0n) is 11.5. The Balaban J connectivity index is 1.82. The van der Waals surface area contributed by atoms with Gasteiger partial charge >= 0.3 is 0 Å². The molecule has 0 aliphatic carbocycles. The lowest BCUT2D eigenvalue weighted by atomic mass is 10.1. The van der Waals surface area contributed by atoms with Gasteiger partial charge in [0.2, 0.25) is 0 Å². The number of amides is 1. The van der Waals surface area contributed by atoms with Gasteiger partial charge in [-0.05, 0) is 38.8 Å². The molecule has 1 saturated heterocycles. The molecule has 5 nitrogen and oxygen atoms in total. The summed E-state index contributed by atoms with van der Waals surface area (Å²) in [4.78, 5) is 18.1. The molecule has 1 aromatic heterocycles. The highest BCUT2D eigenvalue weighted by Crippen LogP contribution is 2.17. The van der Waals surface area contributed by atoms with E-state index in [9.17, 15) is 9.90 Å². The molecule has 2 heterocycles. The molecule has 1 amide bonds. The third-order valence-electron chi connectivity index (χ3n) is 3.58. The fraction of sp³-hybridized carbons (Fsp3) is 0.571. The molecule has 0 radical (unpaired) electrons. The van der Waals surface area contributed by atoms with Gasteiger partial charge in [-0.3, -0.25) is 9.78 Å². The molecule has 0 spiro atoms. The first-order valence-electron chi connectivity index (χ1n) is 6.72. The Bertz CT molecular complexity index is 448. The Kier molecular flexibility index (Phi) is 4.37. The summed E-state index contributed by atoms with van der Waals surface area (Å²) in [6.07, 6.45) is 3.90. The Labute approximate surface area is 113 Å². The van der Waals surface area contributed by atoms with Gasteiger partial charge in [-0.1, -0.05) is 0 Å². The van der Waals surface area contributed by atoms with Gasteiger partial charge in [0.1, 0.15) is 5.75 Å². The summed E-state index contributed by atoms with van der Waals surface area (Å²) < 4.78 is 0. The standard InChI is InChI=1S/C14H21N3O2/c1-10(2)17-4-3-11(9-17)6-16-14(19)12-5-13(18)8-15-7-12/h5,7-8,10-11,18H,3-4,6,9H2,1-2H3,(H,16,19). The van der Waals surface area contributed by atoms with E-state index in [4.69, 9.17) is 0 Å². The van der Waals surface area contributed by atoms with Gasteiger partial charge in [-0.2, -0.15) is 0 Å². The molecule has 2 N–H and O–H groups in total. The maximum atomic E-state index is 11.9. The van der Waals surface area contributed by atoms with E-state index in [0.717, 1.165) is 19.5 Å². The highest BCUT2D eigenvalue weighted by Gasteiger charge is 2.24. The van der Waals surface area contributed by atoms with Crippen molar-refractivity contribution < 1.29 is 9.90 Å². The topological polar surface area (TPSA) is 65.5 Å². The number of hydrogen-bond donors (Lipinski definition) is 2. The molecule has 104 valence electrons. The number of pyridine rings is 1. The van der Waals surface area contributed by atoms with Crippen LogP contribution in [0.1, 0.15) is 30.6 Å². The maximum absolute atomic E-state index is 11.9. The van der Waals surface area contributed by atoms with Crippen molar-refractivity contribution in [3.63, 3.8) is 0 Å². The number of hydrogen-bond acceptors (Lipinski definition) is 4. The second kappa shape index (κ2) is 6.02. The molecule has 0 bridgehead atoms. The molecule has 2 rings (SSSR count). The van der Waals surface area contributed by atoms with E-state index in [0.29, 0.717) is 24.1 Å². The van der Waals surface area contributed by atoms with Crippen molar-refractivity contribution >= 4 is 5.91 Å². The second-order valence-corrected chi connectivity index (χ2v) is 5.39. The van der Waals surface area contributed by atoms with Crippen LogP contribution in [0.25, 0.3) is 0 Å². The molecular formula is C14H21N3O2. The third-order valence-corrected chi connectivity index (χ3v) is 3.58. The lowest BCUT2D eigenvalue weighted by molar-refractivity contribution is 0.0946. The summed E-state index contributed by atoms with van der Waals surface area (Å²) in [6, 6.07) is 1.99. The largest absolute Gasteiger partial charge is 0.506 e. The molecule has 1 atom stereocenters. The van der Waals surface area contributed by atoms with Gasteiger partial charge < -0.3 is 15.3 Å². The first kappa shape index (κ1) is 13.8. The van der Waals surface area contributed by atoms with Crippen LogP contribution in [-0.4, -0.2) is 46.6 Å². The minimum absolute atomic E-state index is 0.0134. The van der Waals surface area contributed by atoms with Crippen LogP contribution in [0.2, 0.25) is 0 Å². The molecule has 1 aromatic rings. The van der Waals surface area contributed by atoms with Crippen molar-refractivity contribution in [2.24, 2.45) is 5.92 Å². The molecular weight excluding hydrogens is 242 g/mol. The minimum Gasteiger partial charge on any atom is -0.506 e. The predicted octanol–water partition coefficient (Wildman–Crippen LogP) is 1.25. The van der Waals surface area contributed by atoms with E-state index in [1.54, 1.807) is 0 Å². The van der Waals surface area contributed by atoms with Crippen LogP contribution in [0, 0.1) is 5.92 Å². The third kappa shape index (κ3) is 3.67. The summed E-state index contributed by atoms with van der Waals surface area (Å²) >= 11 is 0. The smallest absolute Gasteiger partial charge is 0.252 e. The number of rotatable bonds is 4.